The molecule has 0 saturated heterocycles. The van der Waals surface area contributed by atoms with Crippen LogP contribution in [0.15, 0.2) is 12.2 Å². The molecule has 0 heterocycles. The van der Waals surface area contributed by atoms with Crippen LogP contribution < -0.4 is 0 Å². The van der Waals surface area contributed by atoms with Gasteiger partial charge in [0, 0.05) is 0 Å². The standard InChI is InChI=1S/C17H22O4/c1-6(2)8-3-7-4-9(8)13-11-5-10(12(7)13)14(16(18)19)15(11)17(20)21/h7-15H,1,3-5H2,2H3,(H,18,19)(H,20,21). The van der Waals surface area contributed by atoms with Crippen molar-refractivity contribution < 1.29 is 19.8 Å². The average Bonchev–Trinajstić information content (AvgIpc) is 3.13. The molecule has 0 aliphatic heterocycles. The van der Waals surface area contributed by atoms with E-state index in [9.17, 15) is 19.8 Å². The van der Waals surface area contributed by atoms with Gasteiger partial charge in [-0.1, -0.05) is 12.2 Å². The number of carbonyl (C=O) groups is 2. The molecule has 0 amide bonds. The first-order chi connectivity index (χ1) is 9.91. The number of rotatable bonds is 3. The fourth-order valence-electron chi connectivity index (χ4n) is 6.86. The zero-order valence-corrected chi connectivity index (χ0v) is 12.2. The van der Waals surface area contributed by atoms with Crippen molar-refractivity contribution in [3.05, 3.63) is 12.2 Å². The monoisotopic (exact) mass is 290 g/mol. The fourth-order valence-corrected chi connectivity index (χ4v) is 6.86. The molecule has 21 heavy (non-hydrogen) atoms. The third kappa shape index (κ3) is 1.51. The second-order valence-corrected chi connectivity index (χ2v) is 7.79. The minimum absolute atomic E-state index is 0.0794. The molecule has 4 fully saturated rings. The third-order valence-corrected chi connectivity index (χ3v) is 7.18. The van der Waals surface area contributed by atoms with Crippen LogP contribution in [0.25, 0.3) is 0 Å². The predicted molar refractivity (Wildman–Crippen MR) is 75.3 cm³/mol. The normalized spacial score (nSPS) is 52.9. The highest BCUT2D eigenvalue weighted by Gasteiger charge is 2.70. The fraction of sp³-hybridized carbons (Fsp3) is 0.765. The highest BCUT2D eigenvalue weighted by Crippen LogP contribution is 2.72. The Morgan fingerprint density at radius 2 is 1.48 bits per heavy atom. The molecule has 0 spiro atoms. The first-order valence-corrected chi connectivity index (χ1v) is 8.02. The van der Waals surface area contributed by atoms with Crippen LogP contribution in [0, 0.1) is 53.3 Å². The van der Waals surface area contributed by atoms with Gasteiger partial charge in [-0.25, -0.2) is 0 Å². The summed E-state index contributed by atoms with van der Waals surface area (Å²) < 4.78 is 0. The van der Waals surface area contributed by atoms with E-state index in [1.54, 1.807) is 0 Å². The largest absolute Gasteiger partial charge is 0.481 e. The number of carboxylic acid groups (broad SMARTS) is 2. The van der Waals surface area contributed by atoms with Gasteiger partial charge in [0.15, 0.2) is 0 Å². The Morgan fingerprint density at radius 3 is 2.00 bits per heavy atom. The molecule has 4 aliphatic carbocycles. The zero-order chi connectivity index (χ0) is 15.0. The van der Waals surface area contributed by atoms with Crippen molar-refractivity contribution in [1.82, 2.24) is 0 Å². The lowest BCUT2D eigenvalue weighted by Gasteiger charge is -2.43. The second kappa shape index (κ2) is 4.11. The Hall–Kier alpha value is -1.32. The number of aliphatic carboxylic acids is 2. The molecule has 0 aromatic rings. The maximum Gasteiger partial charge on any atom is 0.307 e. The summed E-state index contributed by atoms with van der Waals surface area (Å²) in [6, 6.07) is 0. The quantitative estimate of drug-likeness (QED) is 0.618. The van der Waals surface area contributed by atoms with Gasteiger partial charge in [-0.3, -0.25) is 9.59 Å². The van der Waals surface area contributed by atoms with Gasteiger partial charge >= 0.3 is 11.9 Å². The minimum atomic E-state index is -0.900. The predicted octanol–water partition coefficient (Wildman–Crippen LogP) is 2.50. The molecule has 4 aliphatic rings. The third-order valence-electron chi connectivity index (χ3n) is 7.18. The first kappa shape index (κ1) is 13.4. The van der Waals surface area contributed by atoms with E-state index in [0.29, 0.717) is 29.6 Å². The maximum atomic E-state index is 11.6. The molecule has 0 aromatic heterocycles. The summed E-state index contributed by atoms with van der Waals surface area (Å²) in [5.41, 5.74) is 1.23. The topological polar surface area (TPSA) is 74.6 Å². The molecule has 0 aromatic carbocycles. The van der Waals surface area contributed by atoms with Crippen molar-refractivity contribution >= 4 is 11.9 Å². The first-order valence-electron chi connectivity index (χ1n) is 8.02. The van der Waals surface area contributed by atoms with E-state index >= 15 is 0 Å². The van der Waals surface area contributed by atoms with Crippen LogP contribution in [0.1, 0.15) is 26.2 Å². The molecule has 4 saturated carbocycles. The van der Waals surface area contributed by atoms with Crippen molar-refractivity contribution in [2.75, 3.05) is 0 Å². The number of hydrogen-bond acceptors (Lipinski definition) is 2. The summed E-state index contributed by atoms with van der Waals surface area (Å²) in [5, 5.41) is 19.0. The van der Waals surface area contributed by atoms with E-state index in [1.165, 1.54) is 12.0 Å². The Balaban J connectivity index is 1.70. The van der Waals surface area contributed by atoms with Gasteiger partial charge in [0.25, 0.3) is 0 Å². The number of carboxylic acids is 2. The van der Waals surface area contributed by atoms with Gasteiger partial charge in [-0.15, -0.1) is 0 Å². The Morgan fingerprint density at radius 1 is 0.905 bits per heavy atom. The van der Waals surface area contributed by atoms with Crippen molar-refractivity contribution in [2.45, 2.75) is 26.2 Å². The van der Waals surface area contributed by atoms with Crippen LogP contribution in [0.4, 0.5) is 0 Å². The van der Waals surface area contributed by atoms with Gasteiger partial charge in [0.2, 0.25) is 0 Å². The zero-order valence-electron chi connectivity index (χ0n) is 12.2. The van der Waals surface area contributed by atoms with Crippen molar-refractivity contribution in [1.29, 1.82) is 0 Å². The van der Waals surface area contributed by atoms with Crippen molar-refractivity contribution in [3.8, 4) is 0 Å². The summed E-state index contributed by atoms with van der Waals surface area (Å²) in [6.07, 6.45) is 3.13. The Labute approximate surface area is 124 Å². The molecule has 2 N–H and O–H groups in total. The average molecular weight is 290 g/mol. The van der Waals surface area contributed by atoms with Crippen LogP contribution in [0.3, 0.4) is 0 Å². The van der Waals surface area contributed by atoms with Gasteiger partial charge in [0.05, 0.1) is 11.8 Å². The van der Waals surface area contributed by atoms with Crippen LogP contribution in [-0.4, -0.2) is 22.2 Å². The van der Waals surface area contributed by atoms with E-state index in [2.05, 4.69) is 13.5 Å². The second-order valence-electron chi connectivity index (χ2n) is 7.79. The van der Waals surface area contributed by atoms with Crippen LogP contribution >= 0.6 is 0 Å². The van der Waals surface area contributed by atoms with Gasteiger partial charge in [0.1, 0.15) is 0 Å². The van der Waals surface area contributed by atoms with E-state index < -0.39 is 23.8 Å². The SMILES string of the molecule is C=C(C)C1CC2CC1C1C3CC(C(C(=O)O)C3C(=O)O)C21. The molecule has 4 rings (SSSR count). The van der Waals surface area contributed by atoms with Crippen molar-refractivity contribution in [3.63, 3.8) is 0 Å². The van der Waals surface area contributed by atoms with E-state index in [-0.39, 0.29) is 11.8 Å². The maximum absolute atomic E-state index is 11.6. The molecule has 9 atom stereocenters. The Bertz CT molecular complexity index is 539. The molecule has 4 bridgehead atoms. The number of hydrogen-bond donors (Lipinski definition) is 2. The minimum Gasteiger partial charge on any atom is -0.481 e. The molecule has 114 valence electrons. The summed E-state index contributed by atoms with van der Waals surface area (Å²) >= 11 is 0. The van der Waals surface area contributed by atoms with E-state index in [0.717, 1.165) is 12.8 Å². The van der Waals surface area contributed by atoms with Crippen LogP contribution in [0.5, 0.6) is 0 Å². The highest BCUT2D eigenvalue weighted by atomic mass is 16.4. The van der Waals surface area contributed by atoms with E-state index in [4.69, 9.17) is 0 Å². The summed E-state index contributed by atoms with van der Waals surface area (Å²) in [7, 11) is 0. The summed E-state index contributed by atoms with van der Waals surface area (Å²) in [6.45, 7) is 6.20. The molecule has 0 radical (unpaired) electrons. The van der Waals surface area contributed by atoms with Gasteiger partial charge in [-0.05, 0) is 67.6 Å². The van der Waals surface area contributed by atoms with E-state index in [1.807, 2.05) is 0 Å². The van der Waals surface area contributed by atoms with Crippen LogP contribution in [0.2, 0.25) is 0 Å². The molecule has 9 unspecified atom stereocenters. The van der Waals surface area contributed by atoms with Crippen LogP contribution in [-0.2, 0) is 9.59 Å². The molecular formula is C17H22O4. The molecular weight excluding hydrogens is 268 g/mol. The molecule has 4 heteroatoms. The lowest BCUT2D eigenvalue weighted by Crippen LogP contribution is -2.45. The summed E-state index contributed by atoms with van der Waals surface area (Å²) in [5.74, 6) is -0.341. The molecule has 4 nitrogen and oxygen atoms in total. The number of fused-ring (bicyclic) bond motifs is 9. The smallest absolute Gasteiger partial charge is 0.307 e. The van der Waals surface area contributed by atoms with Crippen molar-refractivity contribution in [2.24, 2.45) is 53.3 Å². The lowest BCUT2D eigenvalue weighted by atomic mass is 9.60. The lowest BCUT2D eigenvalue weighted by molar-refractivity contribution is -0.160. The van der Waals surface area contributed by atoms with Gasteiger partial charge < -0.3 is 10.2 Å². The summed E-state index contributed by atoms with van der Waals surface area (Å²) in [4.78, 5) is 23.2. The van der Waals surface area contributed by atoms with Gasteiger partial charge in [-0.2, -0.15) is 0 Å². The highest BCUT2D eigenvalue weighted by molar-refractivity contribution is 5.82. The number of allylic oxidation sites excluding steroid dienone is 1. The Kier molecular flexibility index (Phi) is 2.61.